The van der Waals surface area contributed by atoms with Crippen LogP contribution in [0.4, 0.5) is 24.7 Å². The zero-order chi connectivity index (χ0) is 22.2. The Hall–Kier alpha value is -3.60. The summed E-state index contributed by atoms with van der Waals surface area (Å²) in [6.45, 7) is 0.0400. The summed E-state index contributed by atoms with van der Waals surface area (Å²) in [6, 6.07) is 5.05. The van der Waals surface area contributed by atoms with Gasteiger partial charge in [0.05, 0.1) is 22.7 Å². The van der Waals surface area contributed by atoms with Crippen molar-refractivity contribution in [3.05, 3.63) is 64.4 Å². The van der Waals surface area contributed by atoms with Crippen molar-refractivity contribution in [1.29, 1.82) is 0 Å². The Morgan fingerprint density at radius 2 is 2.00 bits per heavy atom. The van der Waals surface area contributed by atoms with Crippen LogP contribution in [0.25, 0.3) is 0 Å². The lowest BCUT2D eigenvalue weighted by Gasteiger charge is -2.07. The van der Waals surface area contributed by atoms with E-state index < -0.39 is 11.7 Å². The van der Waals surface area contributed by atoms with Crippen molar-refractivity contribution >= 4 is 23.0 Å². The zero-order valence-corrected chi connectivity index (χ0v) is 16.1. The first-order valence-electron chi connectivity index (χ1n) is 9.32. The molecule has 11 heteroatoms. The molecule has 3 aromatic rings. The maximum Gasteiger partial charge on any atom is 0.416 e. The number of halogens is 3. The molecule has 1 aliphatic rings. The average molecular weight is 430 g/mol. The molecule has 0 unspecified atom stereocenters. The van der Waals surface area contributed by atoms with Crippen molar-refractivity contribution in [2.75, 3.05) is 5.73 Å². The van der Waals surface area contributed by atoms with Crippen LogP contribution >= 0.6 is 0 Å². The van der Waals surface area contributed by atoms with Crippen molar-refractivity contribution in [2.45, 2.75) is 32.0 Å². The largest absolute Gasteiger partial charge is 0.416 e. The first-order valence-corrected chi connectivity index (χ1v) is 9.32. The number of aryl methyl sites for hydroxylation is 1. The van der Waals surface area contributed by atoms with Crippen LogP contribution in [0.5, 0.6) is 0 Å². The molecule has 31 heavy (non-hydrogen) atoms. The molecule has 3 heterocycles. The third kappa shape index (κ3) is 4.17. The van der Waals surface area contributed by atoms with E-state index in [9.17, 15) is 18.0 Å². The SMILES string of the molecule is NCc1c(N)ncnc1C(=O)CCc1cc(C2=Nc3ccc(C(F)(F)F)cc3C2)on1. The minimum Gasteiger partial charge on any atom is -0.383 e. The molecule has 0 radical (unpaired) electrons. The molecular weight excluding hydrogens is 413 g/mol. The second-order valence-electron chi connectivity index (χ2n) is 6.97. The number of carbonyl (C=O) groups is 1. The van der Waals surface area contributed by atoms with Crippen molar-refractivity contribution in [2.24, 2.45) is 10.7 Å². The molecule has 160 valence electrons. The molecule has 8 nitrogen and oxygen atoms in total. The standard InChI is InChI=1S/C20H17F3N6O2/c21-20(22,23)11-1-3-14-10(5-11)6-15(28-14)17-7-12(29-31-17)2-4-16(30)18-13(8-24)19(25)27-9-26-18/h1,3,5,7,9H,2,4,6,8,24H2,(H2,25,26,27). The fourth-order valence-electron chi connectivity index (χ4n) is 3.31. The van der Waals surface area contributed by atoms with Gasteiger partial charge in [-0.25, -0.2) is 15.0 Å². The molecule has 0 spiro atoms. The molecule has 0 fully saturated rings. The molecule has 0 saturated carbocycles. The quantitative estimate of drug-likeness (QED) is 0.574. The Balaban J connectivity index is 1.44. The summed E-state index contributed by atoms with van der Waals surface area (Å²) < 4.78 is 44.0. The Kier molecular flexibility index (Phi) is 5.27. The second kappa shape index (κ2) is 7.91. The van der Waals surface area contributed by atoms with Crippen molar-refractivity contribution in [1.82, 2.24) is 15.1 Å². The van der Waals surface area contributed by atoms with Gasteiger partial charge in [0.1, 0.15) is 17.8 Å². The summed E-state index contributed by atoms with van der Waals surface area (Å²) in [6.07, 6.45) is -2.64. The molecule has 0 aliphatic carbocycles. The van der Waals surface area contributed by atoms with Crippen molar-refractivity contribution in [3.8, 4) is 0 Å². The summed E-state index contributed by atoms with van der Waals surface area (Å²) in [7, 11) is 0. The lowest BCUT2D eigenvalue weighted by Crippen LogP contribution is -2.14. The van der Waals surface area contributed by atoms with Gasteiger partial charge in [-0.05, 0) is 23.8 Å². The number of nitrogen functional groups attached to an aromatic ring is 1. The van der Waals surface area contributed by atoms with Crippen LogP contribution in [0.2, 0.25) is 0 Å². The Bertz CT molecular complexity index is 1190. The van der Waals surface area contributed by atoms with Crippen LogP contribution < -0.4 is 11.5 Å². The van der Waals surface area contributed by atoms with Gasteiger partial charge in [0, 0.05) is 37.4 Å². The van der Waals surface area contributed by atoms with Gasteiger partial charge in [-0.2, -0.15) is 13.2 Å². The predicted octanol–water partition coefficient (Wildman–Crippen LogP) is 3.02. The van der Waals surface area contributed by atoms with E-state index in [1.54, 1.807) is 6.07 Å². The number of nitrogens with zero attached hydrogens (tertiary/aromatic N) is 4. The Labute approximate surface area is 174 Å². The van der Waals surface area contributed by atoms with E-state index in [1.807, 2.05) is 0 Å². The van der Waals surface area contributed by atoms with Crippen LogP contribution in [0, 0.1) is 0 Å². The number of hydrogen-bond acceptors (Lipinski definition) is 8. The van der Waals surface area contributed by atoms with Crippen LogP contribution in [-0.2, 0) is 25.6 Å². The number of nitrogens with two attached hydrogens (primary N) is 2. The fraction of sp³-hybridized carbons (Fsp3) is 0.250. The minimum atomic E-state index is -4.41. The number of ketones is 1. The van der Waals surface area contributed by atoms with Gasteiger partial charge in [-0.1, -0.05) is 5.16 Å². The molecule has 0 saturated heterocycles. The number of aromatic nitrogens is 3. The molecular formula is C20H17F3N6O2. The summed E-state index contributed by atoms with van der Waals surface area (Å²) in [5, 5.41) is 3.94. The monoisotopic (exact) mass is 430 g/mol. The minimum absolute atomic E-state index is 0.0400. The molecule has 1 aromatic carbocycles. The number of Topliss-reactive ketones (excluding diaryl/α,β-unsaturated/α-hetero) is 1. The molecule has 0 atom stereocenters. The number of hydrogen-bond donors (Lipinski definition) is 2. The second-order valence-corrected chi connectivity index (χ2v) is 6.97. The molecule has 4 rings (SSSR count). The van der Waals surface area contributed by atoms with E-state index in [0.29, 0.717) is 34.0 Å². The fourth-order valence-corrected chi connectivity index (χ4v) is 3.31. The summed E-state index contributed by atoms with van der Waals surface area (Å²) in [5.41, 5.74) is 13.1. The van der Waals surface area contributed by atoms with Gasteiger partial charge in [0.25, 0.3) is 0 Å². The van der Waals surface area contributed by atoms with Crippen molar-refractivity contribution in [3.63, 3.8) is 0 Å². The lowest BCUT2D eigenvalue weighted by atomic mass is 10.0. The summed E-state index contributed by atoms with van der Waals surface area (Å²) >= 11 is 0. The zero-order valence-electron chi connectivity index (χ0n) is 16.1. The molecule has 2 aromatic heterocycles. The number of aliphatic imine (C=N–C) groups is 1. The molecule has 1 aliphatic heterocycles. The van der Waals surface area contributed by atoms with E-state index >= 15 is 0 Å². The van der Waals surface area contributed by atoms with E-state index in [1.165, 1.54) is 12.4 Å². The first kappa shape index (κ1) is 20.7. The topological polar surface area (TPSA) is 133 Å². The van der Waals surface area contributed by atoms with Crippen LogP contribution in [-0.4, -0.2) is 26.6 Å². The van der Waals surface area contributed by atoms with Crippen LogP contribution in [0.1, 0.15) is 45.1 Å². The number of anilines is 1. The van der Waals surface area contributed by atoms with E-state index in [0.717, 1.165) is 12.1 Å². The van der Waals surface area contributed by atoms with Gasteiger partial charge in [-0.3, -0.25) is 4.79 Å². The summed E-state index contributed by atoms with van der Waals surface area (Å²) in [5.74, 6) is 0.252. The van der Waals surface area contributed by atoms with Crippen molar-refractivity contribution < 1.29 is 22.5 Å². The number of alkyl halides is 3. The third-order valence-corrected chi connectivity index (χ3v) is 4.92. The highest BCUT2D eigenvalue weighted by Crippen LogP contribution is 2.36. The Morgan fingerprint density at radius 1 is 1.19 bits per heavy atom. The lowest BCUT2D eigenvalue weighted by molar-refractivity contribution is -0.137. The van der Waals surface area contributed by atoms with Gasteiger partial charge in [0.2, 0.25) is 0 Å². The molecule has 0 amide bonds. The highest BCUT2D eigenvalue weighted by Gasteiger charge is 2.32. The Morgan fingerprint density at radius 3 is 2.74 bits per heavy atom. The number of carbonyl (C=O) groups excluding carboxylic acids is 1. The maximum absolute atomic E-state index is 12.9. The van der Waals surface area contributed by atoms with E-state index in [4.69, 9.17) is 16.0 Å². The van der Waals surface area contributed by atoms with Gasteiger partial charge in [0.15, 0.2) is 11.5 Å². The highest BCUT2D eigenvalue weighted by atomic mass is 19.4. The number of rotatable bonds is 6. The van der Waals surface area contributed by atoms with Gasteiger partial charge < -0.3 is 16.0 Å². The van der Waals surface area contributed by atoms with E-state index in [-0.39, 0.29) is 43.1 Å². The van der Waals surface area contributed by atoms with Crippen LogP contribution in [0.15, 0.2) is 40.1 Å². The molecule has 4 N–H and O–H groups in total. The third-order valence-electron chi connectivity index (χ3n) is 4.92. The number of benzene rings is 1. The summed E-state index contributed by atoms with van der Waals surface area (Å²) in [4.78, 5) is 24.6. The highest BCUT2D eigenvalue weighted by molar-refractivity contribution is 6.04. The molecule has 0 bridgehead atoms. The van der Waals surface area contributed by atoms with Gasteiger partial charge >= 0.3 is 6.18 Å². The maximum atomic E-state index is 12.9. The number of fused-ring (bicyclic) bond motifs is 1. The van der Waals surface area contributed by atoms with Gasteiger partial charge in [-0.15, -0.1) is 0 Å². The first-order chi connectivity index (χ1) is 14.8. The smallest absolute Gasteiger partial charge is 0.383 e. The normalized spacial score (nSPS) is 13.2. The van der Waals surface area contributed by atoms with Crippen LogP contribution in [0.3, 0.4) is 0 Å². The average Bonchev–Trinajstić information content (AvgIpc) is 3.37. The predicted molar refractivity (Wildman–Crippen MR) is 105 cm³/mol. The van der Waals surface area contributed by atoms with E-state index in [2.05, 4.69) is 20.1 Å².